The van der Waals surface area contributed by atoms with E-state index >= 15 is 0 Å². The van der Waals surface area contributed by atoms with Crippen LogP contribution in [-0.4, -0.2) is 98.0 Å². The summed E-state index contributed by atoms with van der Waals surface area (Å²) in [7, 11) is 1.58. The van der Waals surface area contributed by atoms with E-state index in [2.05, 4.69) is 39.8 Å². The summed E-state index contributed by atoms with van der Waals surface area (Å²) < 4.78 is 12.4. The molecule has 3 amide bonds. The quantitative estimate of drug-likeness (QED) is 0.0800. The summed E-state index contributed by atoms with van der Waals surface area (Å²) in [6.45, 7) is 19.3. The van der Waals surface area contributed by atoms with Gasteiger partial charge in [-0.2, -0.15) is 0 Å². The van der Waals surface area contributed by atoms with Crippen molar-refractivity contribution in [3.8, 4) is 22.9 Å². The molecule has 60 heavy (non-hydrogen) atoms. The number of carbonyl (C=O) groups excluding carboxylic acids is 3. The van der Waals surface area contributed by atoms with Crippen molar-refractivity contribution in [3.05, 3.63) is 41.8 Å². The lowest BCUT2D eigenvalue weighted by molar-refractivity contribution is -0.147. The molecule has 6 rings (SSSR count). The minimum atomic E-state index is -1.52. The number of nitrogens with zero attached hydrogens (tertiary/aromatic N) is 3. The molecule has 15 nitrogen and oxygen atoms in total. The van der Waals surface area contributed by atoms with Crippen molar-refractivity contribution in [1.82, 2.24) is 30.8 Å². The second-order valence-electron chi connectivity index (χ2n) is 19.2. The Morgan fingerprint density at radius 1 is 1.08 bits per heavy atom. The third kappa shape index (κ3) is 9.77. The molecule has 2 saturated carbocycles. The normalized spacial score (nSPS) is 23.5. The molecule has 1 unspecified atom stereocenters. The smallest absolute Gasteiger partial charge is 0.330 e. The minimum absolute atomic E-state index is 0.00762. The number of carbonyl (C=O) groups is 4. The molecule has 326 valence electrons. The first-order valence-electron chi connectivity index (χ1n) is 20.7. The average molecular weight is 848 g/mol. The van der Waals surface area contributed by atoms with Gasteiger partial charge in [-0.15, -0.1) is 17.9 Å². The van der Waals surface area contributed by atoms with Crippen LogP contribution in [0.5, 0.6) is 11.5 Å². The summed E-state index contributed by atoms with van der Waals surface area (Å²) in [6.07, 6.45) is 4.01. The van der Waals surface area contributed by atoms with Crippen LogP contribution in [0.2, 0.25) is 0 Å². The number of nitrogens with one attached hydrogen (secondary N) is 4. The predicted molar refractivity (Wildman–Crippen MR) is 231 cm³/mol. The van der Waals surface area contributed by atoms with Crippen molar-refractivity contribution in [1.29, 1.82) is 0 Å². The standard InChI is InChI=1S/C44H61N7O8S/c1-11-25-20-44(25,38(55)56)49-36(53)30-18-26(22-51(30)37(54)35(42(6,7)8)48-39(57)50-43(9)16-12-13-17-43)59-32-19-28(45-34-24(2)31(58-10)15-14-27(32)34)29-23-60-40(46-29)47-33(52)21-41(3,4)5/h11,14-15,19,23,25-26,30,35,39,48,50,57H,1,12-13,16-18,20-22H2,2-10H3,(H,49,53)(H,55,56)(H,46,47,52)/t25-,26-,30+,35-,39?,44-/m1/s1. The lowest BCUT2D eigenvalue weighted by atomic mass is 9.85. The molecule has 3 fully saturated rings. The van der Waals surface area contributed by atoms with Crippen molar-refractivity contribution in [3.63, 3.8) is 0 Å². The van der Waals surface area contributed by atoms with Gasteiger partial charge in [-0.05, 0) is 56.1 Å². The number of fused-ring (bicyclic) bond motifs is 1. The average Bonchev–Trinajstić information content (AvgIpc) is 3.48. The van der Waals surface area contributed by atoms with Crippen molar-refractivity contribution < 1.29 is 38.9 Å². The summed E-state index contributed by atoms with van der Waals surface area (Å²) in [4.78, 5) is 65.4. The summed E-state index contributed by atoms with van der Waals surface area (Å²) in [6, 6.07) is 3.38. The fourth-order valence-corrected chi connectivity index (χ4v) is 9.20. The van der Waals surface area contributed by atoms with Crippen molar-refractivity contribution in [2.75, 3.05) is 19.0 Å². The lowest BCUT2D eigenvalue weighted by Gasteiger charge is -2.38. The van der Waals surface area contributed by atoms with Crippen LogP contribution in [-0.2, 0) is 19.2 Å². The molecule has 2 aliphatic carbocycles. The number of aliphatic hydroxyl groups excluding tert-OH is 1. The molecule has 3 aromatic rings. The number of benzene rings is 1. The molecule has 6 atom stereocenters. The Bertz CT molecular complexity index is 2140. The SMILES string of the molecule is C=C[C@@H]1C[C@]1(NC(=O)[C@@H]1C[C@@H](Oc2cc(-c3csc(NC(=O)CC(C)(C)C)n3)nc3c(C)c(OC)ccc23)CN1C(=O)[C@@H](NC(O)NC1(C)CCCC1)C(C)(C)C)C(=O)O. The predicted octanol–water partition coefficient (Wildman–Crippen LogP) is 5.75. The molecule has 0 bridgehead atoms. The van der Waals surface area contributed by atoms with E-state index in [1.165, 1.54) is 22.3 Å². The Kier molecular flexibility index (Phi) is 12.7. The minimum Gasteiger partial charge on any atom is -0.496 e. The molecule has 3 heterocycles. The Hall–Kier alpha value is -4.64. The number of anilines is 1. The molecule has 1 aromatic carbocycles. The topological polar surface area (TPSA) is 204 Å². The van der Waals surface area contributed by atoms with E-state index in [0.717, 1.165) is 31.2 Å². The fourth-order valence-electron chi connectivity index (χ4n) is 8.48. The summed E-state index contributed by atoms with van der Waals surface area (Å²) in [5, 5.41) is 36.4. The highest BCUT2D eigenvalue weighted by atomic mass is 32.1. The molecule has 2 aromatic heterocycles. The van der Waals surface area contributed by atoms with Gasteiger partial charge in [0.05, 0.1) is 30.9 Å². The Morgan fingerprint density at radius 3 is 2.38 bits per heavy atom. The number of ether oxygens (including phenoxy) is 2. The molecule has 16 heteroatoms. The second kappa shape index (κ2) is 17.0. The molecule has 1 aliphatic heterocycles. The maximum Gasteiger partial charge on any atom is 0.330 e. The first-order valence-corrected chi connectivity index (χ1v) is 21.6. The number of thiazole rings is 1. The van der Waals surface area contributed by atoms with Gasteiger partial charge in [-0.25, -0.2) is 14.8 Å². The van der Waals surface area contributed by atoms with Gasteiger partial charge in [0.1, 0.15) is 34.9 Å². The van der Waals surface area contributed by atoms with Gasteiger partial charge in [0.2, 0.25) is 17.7 Å². The maximum atomic E-state index is 14.8. The van der Waals surface area contributed by atoms with Crippen LogP contribution in [0.3, 0.4) is 0 Å². The van der Waals surface area contributed by atoms with Gasteiger partial charge >= 0.3 is 5.97 Å². The largest absolute Gasteiger partial charge is 0.496 e. The number of carboxylic acid groups (broad SMARTS) is 1. The number of methoxy groups -OCH3 is 1. The Balaban J connectivity index is 1.33. The maximum absolute atomic E-state index is 14.8. The van der Waals surface area contributed by atoms with Gasteiger partial charge in [-0.3, -0.25) is 25.0 Å². The van der Waals surface area contributed by atoms with Crippen molar-refractivity contribution in [2.24, 2.45) is 16.7 Å². The molecular weight excluding hydrogens is 787 g/mol. The van der Waals surface area contributed by atoms with E-state index in [1.807, 2.05) is 60.6 Å². The highest BCUT2D eigenvalue weighted by Gasteiger charge is 2.61. The van der Waals surface area contributed by atoms with E-state index in [0.29, 0.717) is 45.3 Å². The highest BCUT2D eigenvalue weighted by Crippen LogP contribution is 2.45. The molecule has 0 spiro atoms. The van der Waals surface area contributed by atoms with Crippen molar-refractivity contribution >= 4 is 51.1 Å². The van der Waals surface area contributed by atoms with Crippen LogP contribution in [0.1, 0.15) is 99.0 Å². The molecule has 6 N–H and O–H groups in total. The number of aliphatic hydroxyl groups is 1. The van der Waals surface area contributed by atoms with Crippen LogP contribution in [0, 0.1) is 23.7 Å². The first kappa shape index (κ1) is 44.9. The number of aromatic nitrogens is 2. The van der Waals surface area contributed by atoms with Crippen LogP contribution >= 0.6 is 11.3 Å². The van der Waals surface area contributed by atoms with Gasteiger partial charge < -0.3 is 35.2 Å². The summed E-state index contributed by atoms with van der Waals surface area (Å²) in [5.74, 6) is -1.78. The fraction of sp³-hybridized carbons (Fsp3) is 0.591. The number of aliphatic carboxylic acids is 1. The van der Waals surface area contributed by atoms with Gasteiger partial charge in [0, 0.05) is 46.7 Å². The van der Waals surface area contributed by atoms with Crippen LogP contribution in [0.25, 0.3) is 22.3 Å². The van der Waals surface area contributed by atoms with E-state index < -0.39 is 59.2 Å². The molecule has 0 radical (unpaired) electrons. The first-order chi connectivity index (χ1) is 28.1. The van der Waals surface area contributed by atoms with E-state index in [1.54, 1.807) is 18.6 Å². The zero-order chi connectivity index (χ0) is 43.9. The van der Waals surface area contributed by atoms with E-state index in [9.17, 15) is 29.4 Å². The van der Waals surface area contributed by atoms with Crippen LogP contribution in [0.15, 0.2) is 36.2 Å². The number of hydrogen-bond donors (Lipinski definition) is 6. The lowest BCUT2D eigenvalue weighted by Crippen LogP contribution is -2.63. The number of aryl methyl sites for hydroxylation is 1. The monoisotopic (exact) mass is 847 g/mol. The number of amides is 3. The van der Waals surface area contributed by atoms with Crippen LogP contribution < -0.4 is 30.7 Å². The third-order valence-electron chi connectivity index (χ3n) is 11.9. The number of pyridine rings is 1. The van der Waals surface area contributed by atoms with Crippen LogP contribution in [0.4, 0.5) is 5.13 Å². The van der Waals surface area contributed by atoms with Crippen molar-refractivity contribution in [2.45, 2.75) is 136 Å². The van der Waals surface area contributed by atoms with E-state index in [-0.39, 0.29) is 36.2 Å². The second-order valence-corrected chi connectivity index (χ2v) is 20.1. The third-order valence-corrected chi connectivity index (χ3v) is 12.6. The van der Waals surface area contributed by atoms with E-state index in [4.69, 9.17) is 14.5 Å². The Labute approximate surface area is 356 Å². The van der Waals surface area contributed by atoms with Gasteiger partial charge in [0.25, 0.3) is 0 Å². The summed E-state index contributed by atoms with van der Waals surface area (Å²) in [5.41, 5.74) is -0.386. The highest BCUT2D eigenvalue weighted by molar-refractivity contribution is 7.14. The zero-order valence-corrected chi connectivity index (χ0v) is 37.0. The van der Waals surface area contributed by atoms with Gasteiger partial charge in [0.15, 0.2) is 11.5 Å². The summed E-state index contributed by atoms with van der Waals surface area (Å²) >= 11 is 1.28. The molecular formula is C44H61N7O8S. The number of likely N-dealkylation sites (tertiary alicyclic amines) is 1. The zero-order valence-electron chi connectivity index (χ0n) is 36.2. The molecule has 3 aliphatic rings. The number of hydrogen-bond acceptors (Lipinski definition) is 12. The Morgan fingerprint density at radius 2 is 1.78 bits per heavy atom. The number of carboxylic acids is 1. The number of rotatable bonds is 15. The van der Waals surface area contributed by atoms with Gasteiger partial charge in [-0.1, -0.05) is 60.5 Å². The molecule has 1 saturated heterocycles.